The van der Waals surface area contributed by atoms with Crippen molar-refractivity contribution in [2.24, 2.45) is 11.7 Å². The van der Waals surface area contributed by atoms with Crippen molar-refractivity contribution in [3.05, 3.63) is 0 Å². The number of nitrogens with two attached hydrogens (primary N) is 1. The predicted molar refractivity (Wildman–Crippen MR) is 80.0 cm³/mol. The normalized spacial score (nSPS) is 14.4. The fourth-order valence-corrected chi connectivity index (χ4v) is 1.81. The van der Waals surface area contributed by atoms with E-state index in [1.807, 2.05) is 27.7 Å². The predicted octanol–water partition coefficient (Wildman–Crippen LogP) is 2.46. The third-order valence-corrected chi connectivity index (χ3v) is 3.07. The summed E-state index contributed by atoms with van der Waals surface area (Å²) in [5.41, 5.74) is 5.69. The van der Waals surface area contributed by atoms with Gasteiger partial charge in [-0.25, -0.2) is 0 Å². The van der Waals surface area contributed by atoms with E-state index in [1.165, 1.54) is 0 Å². The van der Waals surface area contributed by atoms with Gasteiger partial charge in [0.1, 0.15) is 0 Å². The minimum absolute atomic E-state index is 0.0886. The first-order valence-corrected chi connectivity index (χ1v) is 7.58. The topological polar surface area (TPSA) is 64.4 Å². The van der Waals surface area contributed by atoms with Gasteiger partial charge < -0.3 is 15.8 Å². The number of carbonyl (C=O) groups is 1. The van der Waals surface area contributed by atoms with Crippen LogP contribution in [0.25, 0.3) is 0 Å². The molecule has 0 rings (SSSR count). The lowest BCUT2D eigenvalue weighted by atomic mass is 10.0. The molecule has 4 heteroatoms. The second-order valence-electron chi connectivity index (χ2n) is 5.73. The lowest BCUT2D eigenvalue weighted by Crippen LogP contribution is -2.30. The average molecular weight is 272 g/mol. The average Bonchev–Trinajstić information content (AvgIpc) is 2.32. The van der Waals surface area contributed by atoms with Gasteiger partial charge in [0.25, 0.3) is 0 Å². The molecule has 114 valence electrons. The van der Waals surface area contributed by atoms with Gasteiger partial charge in [-0.05, 0) is 46.5 Å². The first-order chi connectivity index (χ1) is 8.93. The molecule has 0 aliphatic carbocycles. The van der Waals surface area contributed by atoms with E-state index in [4.69, 9.17) is 10.5 Å². The Hall–Kier alpha value is -0.610. The van der Waals surface area contributed by atoms with Gasteiger partial charge in [-0.3, -0.25) is 4.79 Å². The Morgan fingerprint density at radius 2 is 1.79 bits per heavy atom. The van der Waals surface area contributed by atoms with E-state index in [-0.39, 0.29) is 17.9 Å². The number of ether oxygens (including phenoxy) is 1. The van der Waals surface area contributed by atoms with Crippen molar-refractivity contribution in [3.8, 4) is 0 Å². The second-order valence-corrected chi connectivity index (χ2v) is 5.73. The highest BCUT2D eigenvalue weighted by molar-refractivity contribution is 5.78. The molecule has 0 aliphatic rings. The highest BCUT2D eigenvalue weighted by Crippen LogP contribution is 2.09. The van der Waals surface area contributed by atoms with Gasteiger partial charge in [0, 0.05) is 25.1 Å². The van der Waals surface area contributed by atoms with Gasteiger partial charge in [-0.15, -0.1) is 0 Å². The van der Waals surface area contributed by atoms with Gasteiger partial charge in [-0.1, -0.05) is 13.3 Å². The standard InChI is InChI=1S/C15H32N2O2/c1-12(2)19-11-6-5-10-17-15(18)13(3)8-7-9-14(4)16/h12-14H,5-11,16H2,1-4H3,(H,17,18). The molecule has 0 bridgehead atoms. The van der Waals surface area contributed by atoms with Gasteiger partial charge in [-0.2, -0.15) is 0 Å². The minimum atomic E-state index is 0.0886. The smallest absolute Gasteiger partial charge is 0.222 e. The summed E-state index contributed by atoms with van der Waals surface area (Å²) in [6.07, 6.45) is 5.20. The summed E-state index contributed by atoms with van der Waals surface area (Å²) >= 11 is 0. The summed E-state index contributed by atoms with van der Waals surface area (Å²) in [5.74, 6) is 0.250. The summed E-state index contributed by atoms with van der Waals surface area (Å²) in [7, 11) is 0. The summed E-state index contributed by atoms with van der Waals surface area (Å²) in [4.78, 5) is 11.8. The quantitative estimate of drug-likeness (QED) is 0.568. The zero-order valence-corrected chi connectivity index (χ0v) is 13.1. The summed E-state index contributed by atoms with van der Waals surface area (Å²) < 4.78 is 5.45. The molecule has 2 atom stereocenters. The highest BCUT2D eigenvalue weighted by Gasteiger charge is 2.11. The van der Waals surface area contributed by atoms with Crippen LogP contribution in [0, 0.1) is 5.92 Å². The van der Waals surface area contributed by atoms with E-state index in [0.29, 0.717) is 6.10 Å². The molecule has 0 heterocycles. The number of carbonyl (C=O) groups excluding carboxylic acids is 1. The molecular formula is C15H32N2O2. The Morgan fingerprint density at radius 3 is 2.37 bits per heavy atom. The van der Waals surface area contributed by atoms with Crippen LogP contribution in [-0.4, -0.2) is 31.2 Å². The molecule has 4 nitrogen and oxygen atoms in total. The van der Waals surface area contributed by atoms with Crippen LogP contribution in [0.15, 0.2) is 0 Å². The van der Waals surface area contributed by atoms with Gasteiger partial charge in [0.2, 0.25) is 5.91 Å². The number of amides is 1. The molecular weight excluding hydrogens is 240 g/mol. The van der Waals surface area contributed by atoms with E-state index in [0.717, 1.165) is 45.3 Å². The first-order valence-electron chi connectivity index (χ1n) is 7.58. The van der Waals surface area contributed by atoms with Crippen molar-refractivity contribution in [3.63, 3.8) is 0 Å². The van der Waals surface area contributed by atoms with Crippen LogP contribution in [0.1, 0.15) is 59.8 Å². The van der Waals surface area contributed by atoms with Crippen LogP contribution < -0.4 is 11.1 Å². The molecule has 0 saturated heterocycles. The molecule has 0 radical (unpaired) electrons. The summed E-state index contributed by atoms with van der Waals surface area (Å²) in [6, 6.07) is 0.233. The van der Waals surface area contributed by atoms with Crippen LogP contribution in [0.3, 0.4) is 0 Å². The van der Waals surface area contributed by atoms with Crippen molar-refractivity contribution in [2.75, 3.05) is 13.2 Å². The third kappa shape index (κ3) is 12.2. The van der Waals surface area contributed by atoms with Crippen molar-refractivity contribution >= 4 is 5.91 Å². The molecule has 2 unspecified atom stereocenters. The van der Waals surface area contributed by atoms with Crippen LogP contribution in [0.5, 0.6) is 0 Å². The number of rotatable bonds is 11. The molecule has 0 saturated carbocycles. The lowest BCUT2D eigenvalue weighted by Gasteiger charge is -2.13. The second kappa shape index (κ2) is 11.2. The van der Waals surface area contributed by atoms with E-state index >= 15 is 0 Å². The lowest BCUT2D eigenvalue weighted by molar-refractivity contribution is -0.124. The van der Waals surface area contributed by atoms with Gasteiger partial charge in [0.05, 0.1) is 6.10 Å². The molecule has 0 spiro atoms. The minimum Gasteiger partial charge on any atom is -0.379 e. The van der Waals surface area contributed by atoms with Gasteiger partial charge in [0.15, 0.2) is 0 Å². The fourth-order valence-electron chi connectivity index (χ4n) is 1.81. The zero-order valence-electron chi connectivity index (χ0n) is 13.1. The Kier molecular flexibility index (Phi) is 10.9. The monoisotopic (exact) mass is 272 g/mol. The number of hydrogen-bond donors (Lipinski definition) is 2. The molecule has 0 fully saturated rings. The Bertz CT molecular complexity index is 230. The summed E-state index contributed by atoms with van der Waals surface area (Å²) in [6.45, 7) is 9.58. The molecule has 19 heavy (non-hydrogen) atoms. The van der Waals surface area contributed by atoms with E-state index < -0.39 is 0 Å². The van der Waals surface area contributed by atoms with Crippen molar-refractivity contribution in [1.82, 2.24) is 5.32 Å². The van der Waals surface area contributed by atoms with E-state index in [1.54, 1.807) is 0 Å². The van der Waals surface area contributed by atoms with Crippen LogP contribution in [0.2, 0.25) is 0 Å². The molecule has 0 aliphatic heterocycles. The Labute approximate surface area is 118 Å². The van der Waals surface area contributed by atoms with Crippen LogP contribution in [0.4, 0.5) is 0 Å². The molecule has 0 aromatic heterocycles. The maximum Gasteiger partial charge on any atom is 0.222 e. The Morgan fingerprint density at radius 1 is 1.11 bits per heavy atom. The van der Waals surface area contributed by atoms with Crippen LogP contribution >= 0.6 is 0 Å². The molecule has 0 aromatic rings. The molecule has 1 amide bonds. The largest absolute Gasteiger partial charge is 0.379 e. The molecule has 0 aromatic carbocycles. The van der Waals surface area contributed by atoms with Crippen molar-refractivity contribution in [2.45, 2.75) is 71.9 Å². The number of nitrogens with one attached hydrogen (secondary N) is 1. The van der Waals surface area contributed by atoms with Crippen molar-refractivity contribution < 1.29 is 9.53 Å². The zero-order chi connectivity index (χ0) is 14.7. The van der Waals surface area contributed by atoms with Gasteiger partial charge >= 0.3 is 0 Å². The molecule has 3 N–H and O–H groups in total. The third-order valence-electron chi connectivity index (χ3n) is 3.07. The van der Waals surface area contributed by atoms with E-state index in [9.17, 15) is 4.79 Å². The number of unbranched alkanes of at least 4 members (excludes halogenated alkanes) is 1. The number of hydrogen-bond acceptors (Lipinski definition) is 3. The maximum atomic E-state index is 11.8. The van der Waals surface area contributed by atoms with Crippen LogP contribution in [-0.2, 0) is 9.53 Å². The van der Waals surface area contributed by atoms with Crippen molar-refractivity contribution in [1.29, 1.82) is 0 Å². The fraction of sp³-hybridized carbons (Fsp3) is 0.933. The highest BCUT2D eigenvalue weighted by atomic mass is 16.5. The summed E-state index contributed by atoms with van der Waals surface area (Å²) in [5, 5.41) is 2.98. The first kappa shape index (κ1) is 18.4. The SMILES string of the molecule is CC(N)CCCC(C)C(=O)NCCCCOC(C)C. The maximum absolute atomic E-state index is 11.8. The van der Waals surface area contributed by atoms with E-state index in [2.05, 4.69) is 5.32 Å². The Balaban J connectivity index is 3.46.